The molecule has 7 nitrogen and oxygen atoms in total. The van der Waals surface area contributed by atoms with Crippen molar-refractivity contribution in [2.45, 2.75) is 50.9 Å². The summed E-state index contributed by atoms with van der Waals surface area (Å²) >= 11 is 5.90. The van der Waals surface area contributed by atoms with Gasteiger partial charge in [-0.1, -0.05) is 29.8 Å². The molecule has 0 aromatic heterocycles. The Kier molecular flexibility index (Phi) is 8.63. The van der Waals surface area contributed by atoms with E-state index in [2.05, 4.69) is 22.8 Å². The molecule has 226 valence electrons. The largest absolute Gasteiger partial charge is 0.490 e. The van der Waals surface area contributed by atoms with Gasteiger partial charge in [0.1, 0.15) is 11.6 Å². The molecule has 7 rings (SSSR count). The Labute approximate surface area is 263 Å². The average Bonchev–Trinajstić information content (AvgIpc) is 3.00. The maximum Gasteiger partial charge on any atom is 0.266 e. The molecule has 2 amide bonds. The molecule has 0 radical (unpaired) electrons. The summed E-state index contributed by atoms with van der Waals surface area (Å²) in [4.78, 5) is 25.4. The average molecular weight is 610 g/mol. The van der Waals surface area contributed by atoms with Crippen LogP contribution in [-0.4, -0.2) is 25.0 Å². The molecule has 44 heavy (non-hydrogen) atoms. The highest BCUT2D eigenvalue weighted by atomic mass is 35.5. The number of anilines is 2. The number of halogens is 1. The van der Waals surface area contributed by atoms with E-state index in [1.54, 1.807) is 42.5 Å². The molecule has 8 heteroatoms. The Morgan fingerprint density at radius 3 is 2.11 bits per heavy atom. The molecule has 3 aromatic rings. The van der Waals surface area contributed by atoms with Crippen LogP contribution in [0.2, 0.25) is 5.02 Å². The first kappa shape index (κ1) is 29.8. The molecule has 4 fully saturated rings. The fourth-order valence-electron chi connectivity index (χ4n) is 7.76. The minimum absolute atomic E-state index is 0.0790. The van der Waals surface area contributed by atoms with Gasteiger partial charge >= 0.3 is 0 Å². The molecule has 4 saturated carbocycles. The quantitative estimate of drug-likeness (QED) is 0.181. The van der Waals surface area contributed by atoms with Gasteiger partial charge in [0.2, 0.25) is 0 Å². The smallest absolute Gasteiger partial charge is 0.266 e. The van der Waals surface area contributed by atoms with Crippen LogP contribution in [0.3, 0.4) is 0 Å². The van der Waals surface area contributed by atoms with Crippen molar-refractivity contribution in [1.82, 2.24) is 0 Å². The minimum atomic E-state index is -0.546. The first-order valence-corrected chi connectivity index (χ1v) is 15.7. The molecule has 0 unspecified atom stereocenters. The number of carbonyl (C=O) groups excluding carboxylic acids is 2. The van der Waals surface area contributed by atoms with E-state index in [4.69, 9.17) is 21.1 Å². The van der Waals surface area contributed by atoms with Crippen molar-refractivity contribution < 1.29 is 19.1 Å². The summed E-state index contributed by atoms with van der Waals surface area (Å²) in [7, 11) is 0. The maximum absolute atomic E-state index is 12.8. The third kappa shape index (κ3) is 6.61. The molecule has 0 heterocycles. The zero-order chi connectivity index (χ0) is 30.7. The van der Waals surface area contributed by atoms with Gasteiger partial charge in [-0.3, -0.25) is 9.59 Å². The van der Waals surface area contributed by atoms with E-state index in [0.29, 0.717) is 39.8 Å². The van der Waals surface area contributed by atoms with Gasteiger partial charge in [0.15, 0.2) is 18.1 Å². The fourth-order valence-corrected chi connectivity index (χ4v) is 7.89. The van der Waals surface area contributed by atoms with E-state index in [-0.39, 0.29) is 18.1 Å². The number of ether oxygens (including phenoxy) is 2. The van der Waals surface area contributed by atoms with Crippen LogP contribution in [-0.2, 0) is 15.0 Å². The first-order chi connectivity index (χ1) is 21.3. The SMILES string of the molecule is CCOc1cc(/C=C(/C#N)C(=O)Nc2ccc(Cl)cc2)ccc1OCC(=O)Nc1ccc(C23CC4CC(CC(C4)C2)C3)cc1. The maximum atomic E-state index is 12.8. The standard InChI is InChI=1S/C36H36ClN3O4/c1-2-43-33-17-23(16-27(21-38)35(42)40-31-10-6-29(37)7-11-31)3-12-32(33)44-22-34(41)39-30-8-4-28(5-9-30)36-18-24-13-25(19-36)15-26(14-24)20-36/h3-12,16-17,24-26H,2,13-15,18-20,22H2,1H3,(H,39,41)(H,40,42)/b27-16-. The van der Waals surface area contributed by atoms with Crippen molar-refractivity contribution in [1.29, 1.82) is 5.26 Å². The van der Waals surface area contributed by atoms with Crippen molar-refractivity contribution >= 4 is 40.9 Å². The van der Waals surface area contributed by atoms with Gasteiger partial charge in [0.05, 0.1) is 6.61 Å². The second-order valence-corrected chi connectivity index (χ2v) is 12.8. The zero-order valence-corrected chi connectivity index (χ0v) is 25.5. The number of nitrogens with one attached hydrogen (secondary N) is 2. The van der Waals surface area contributed by atoms with Crippen LogP contribution >= 0.6 is 11.6 Å². The Hall–Kier alpha value is -4.28. The fraction of sp³-hybridized carbons (Fsp3) is 0.361. The third-order valence-corrected chi connectivity index (χ3v) is 9.48. The summed E-state index contributed by atoms with van der Waals surface area (Å²) in [6.07, 6.45) is 9.65. The number of amides is 2. The van der Waals surface area contributed by atoms with Crippen molar-refractivity contribution in [2.75, 3.05) is 23.8 Å². The van der Waals surface area contributed by atoms with Gasteiger partial charge < -0.3 is 20.1 Å². The lowest BCUT2D eigenvalue weighted by Crippen LogP contribution is -2.48. The summed E-state index contributed by atoms with van der Waals surface area (Å²) in [5.74, 6) is 2.64. The molecular formula is C36H36ClN3O4. The van der Waals surface area contributed by atoms with E-state index < -0.39 is 5.91 Å². The van der Waals surface area contributed by atoms with Crippen molar-refractivity contribution in [3.05, 3.63) is 88.5 Å². The predicted molar refractivity (Wildman–Crippen MR) is 172 cm³/mol. The van der Waals surface area contributed by atoms with E-state index in [0.717, 1.165) is 23.4 Å². The second-order valence-electron chi connectivity index (χ2n) is 12.4. The number of benzene rings is 3. The van der Waals surface area contributed by atoms with Crippen molar-refractivity contribution in [2.24, 2.45) is 17.8 Å². The molecule has 4 bridgehead atoms. The van der Waals surface area contributed by atoms with Crippen LogP contribution in [0.25, 0.3) is 6.08 Å². The zero-order valence-electron chi connectivity index (χ0n) is 24.8. The van der Waals surface area contributed by atoms with Crippen LogP contribution in [0.5, 0.6) is 11.5 Å². The van der Waals surface area contributed by atoms with Gasteiger partial charge in [-0.15, -0.1) is 0 Å². The number of hydrogen-bond donors (Lipinski definition) is 2. The molecule has 0 saturated heterocycles. The Morgan fingerprint density at radius 1 is 0.886 bits per heavy atom. The molecule has 0 atom stereocenters. The molecule has 4 aliphatic rings. The predicted octanol–water partition coefficient (Wildman–Crippen LogP) is 7.77. The van der Waals surface area contributed by atoms with E-state index in [1.165, 1.54) is 50.2 Å². The van der Waals surface area contributed by atoms with Gasteiger partial charge in [0.25, 0.3) is 11.8 Å². The number of hydrogen-bond acceptors (Lipinski definition) is 5. The van der Waals surface area contributed by atoms with Gasteiger partial charge in [0, 0.05) is 16.4 Å². The lowest BCUT2D eigenvalue weighted by molar-refractivity contribution is -0.118. The number of nitrogens with zero attached hydrogens (tertiary/aromatic N) is 1. The Balaban J connectivity index is 1.07. The molecule has 2 N–H and O–H groups in total. The van der Waals surface area contributed by atoms with Crippen molar-refractivity contribution in [3.8, 4) is 17.6 Å². The molecule has 0 spiro atoms. The molecule has 0 aliphatic heterocycles. The summed E-state index contributed by atoms with van der Waals surface area (Å²) in [5.41, 5.74) is 3.51. The summed E-state index contributed by atoms with van der Waals surface area (Å²) < 4.78 is 11.6. The van der Waals surface area contributed by atoms with Crippen LogP contribution in [0.15, 0.2) is 72.3 Å². The Bertz CT molecular complexity index is 1570. The number of nitriles is 1. The van der Waals surface area contributed by atoms with Crippen molar-refractivity contribution in [3.63, 3.8) is 0 Å². The van der Waals surface area contributed by atoms with Crippen LogP contribution in [0.4, 0.5) is 11.4 Å². The minimum Gasteiger partial charge on any atom is -0.490 e. The topological polar surface area (TPSA) is 100 Å². The van der Waals surface area contributed by atoms with Gasteiger partial charge in [-0.2, -0.15) is 5.26 Å². The normalized spacial score (nSPS) is 23.5. The highest BCUT2D eigenvalue weighted by Crippen LogP contribution is 2.60. The summed E-state index contributed by atoms with van der Waals surface area (Å²) in [5, 5.41) is 15.8. The Morgan fingerprint density at radius 2 is 1.50 bits per heavy atom. The third-order valence-electron chi connectivity index (χ3n) is 9.22. The van der Waals surface area contributed by atoms with E-state index >= 15 is 0 Å². The van der Waals surface area contributed by atoms with Gasteiger partial charge in [-0.25, -0.2) is 0 Å². The highest BCUT2D eigenvalue weighted by Gasteiger charge is 2.51. The van der Waals surface area contributed by atoms with E-state index in [1.807, 2.05) is 25.1 Å². The lowest BCUT2D eigenvalue weighted by atomic mass is 9.48. The monoisotopic (exact) mass is 609 g/mol. The van der Waals surface area contributed by atoms with Crippen LogP contribution in [0.1, 0.15) is 56.6 Å². The molecule has 3 aromatic carbocycles. The molecular weight excluding hydrogens is 574 g/mol. The summed E-state index contributed by atoms with van der Waals surface area (Å²) in [6.45, 7) is 2.01. The van der Waals surface area contributed by atoms with Crippen LogP contribution in [0, 0.1) is 29.1 Å². The van der Waals surface area contributed by atoms with Gasteiger partial charge in [-0.05, 0) is 134 Å². The first-order valence-electron chi connectivity index (χ1n) is 15.3. The lowest BCUT2D eigenvalue weighted by Gasteiger charge is -2.57. The number of carbonyl (C=O) groups is 2. The number of rotatable bonds is 10. The van der Waals surface area contributed by atoms with E-state index in [9.17, 15) is 14.9 Å². The molecule has 4 aliphatic carbocycles. The summed E-state index contributed by atoms with van der Waals surface area (Å²) in [6, 6.07) is 22.0. The second kappa shape index (κ2) is 12.8. The highest BCUT2D eigenvalue weighted by molar-refractivity contribution is 6.30. The van der Waals surface area contributed by atoms with Crippen LogP contribution < -0.4 is 20.1 Å².